The molecule has 0 aromatic heterocycles. The Morgan fingerprint density at radius 1 is 1.75 bits per heavy atom. The zero-order chi connectivity index (χ0) is 5.82. The molecule has 0 aromatic rings. The van der Waals surface area contributed by atoms with Crippen LogP contribution in [0.15, 0.2) is 17.1 Å². The van der Waals surface area contributed by atoms with E-state index in [-0.39, 0.29) is 0 Å². The van der Waals surface area contributed by atoms with Gasteiger partial charge in [0.15, 0.2) is 0 Å². The summed E-state index contributed by atoms with van der Waals surface area (Å²) in [5.74, 6) is 1.17. The van der Waals surface area contributed by atoms with Gasteiger partial charge in [-0.25, -0.2) is 0 Å². The maximum absolute atomic E-state index is 4.22. The van der Waals surface area contributed by atoms with Crippen LogP contribution in [0.2, 0.25) is 0 Å². The summed E-state index contributed by atoms with van der Waals surface area (Å²) in [6.45, 7) is 3.02. The maximum Gasteiger partial charge on any atom is 0.0902 e. The van der Waals surface area contributed by atoms with E-state index in [0.717, 1.165) is 6.54 Å². The summed E-state index contributed by atoms with van der Waals surface area (Å²) in [4.78, 5) is 4.22. The van der Waals surface area contributed by atoms with Gasteiger partial charge in [-0.15, -0.1) is 11.8 Å². The maximum atomic E-state index is 4.22. The molecule has 0 N–H and O–H groups in total. The van der Waals surface area contributed by atoms with Gasteiger partial charge in [-0.1, -0.05) is 6.08 Å². The molecule has 1 aliphatic heterocycles. The van der Waals surface area contributed by atoms with Gasteiger partial charge in [-0.2, -0.15) is 0 Å². The minimum atomic E-state index is 1.00. The molecule has 44 valence electrons. The molecule has 1 rings (SSSR count). The molecule has 0 spiro atoms. The molecular formula is C6H9NS. The van der Waals surface area contributed by atoms with Crippen LogP contribution in [0.4, 0.5) is 0 Å². The SMILES string of the molecule is CC=CC1=NCCS1. The van der Waals surface area contributed by atoms with Crippen LogP contribution in [0.3, 0.4) is 0 Å². The summed E-state index contributed by atoms with van der Waals surface area (Å²) in [5.41, 5.74) is 0. The van der Waals surface area contributed by atoms with Gasteiger partial charge in [-0.3, -0.25) is 4.99 Å². The van der Waals surface area contributed by atoms with E-state index in [1.165, 1.54) is 10.8 Å². The molecule has 0 amide bonds. The zero-order valence-electron chi connectivity index (χ0n) is 4.92. The Kier molecular flexibility index (Phi) is 2.15. The first-order chi connectivity index (χ1) is 3.93. The first-order valence-electron chi connectivity index (χ1n) is 2.73. The van der Waals surface area contributed by atoms with Crippen molar-refractivity contribution >= 4 is 16.8 Å². The van der Waals surface area contributed by atoms with Gasteiger partial charge in [0, 0.05) is 12.3 Å². The lowest BCUT2D eigenvalue weighted by molar-refractivity contribution is 1.18. The second-order valence-corrected chi connectivity index (χ2v) is 2.68. The number of nitrogens with zero attached hydrogens (tertiary/aromatic N) is 1. The molecule has 0 saturated heterocycles. The molecule has 0 fully saturated rings. The van der Waals surface area contributed by atoms with E-state index in [9.17, 15) is 0 Å². The van der Waals surface area contributed by atoms with Gasteiger partial charge in [0.1, 0.15) is 0 Å². The van der Waals surface area contributed by atoms with E-state index in [1.807, 2.05) is 24.8 Å². The first kappa shape index (κ1) is 5.89. The van der Waals surface area contributed by atoms with E-state index in [1.54, 1.807) is 0 Å². The normalized spacial score (nSPS) is 19.9. The highest BCUT2D eigenvalue weighted by Crippen LogP contribution is 2.11. The van der Waals surface area contributed by atoms with Crippen molar-refractivity contribution in [3.8, 4) is 0 Å². The number of hydrogen-bond donors (Lipinski definition) is 0. The number of thioether (sulfide) groups is 1. The highest BCUT2D eigenvalue weighted by Gasteiger charge is 2.00. The summed E-state index contributed by atoms with van der Waals surface area (Å²) < 4.78 is 0. The molecule has 0 aliphatic carbocycles. The van der Waals surface area contributed by atoms with Gasteiger partial charge < -0.3 is 0 Å². The van der Waals surface area contributed by atoms with Crippen LogP contribution in [0.25, 0.3) is 0 Å². The first-order valence-corrected chi connectivity index (χ1v) is 3.72. The largest absolute Gasteiger partial charge is 0.278 e. The Morgan fingerprint density at radius 3 is 3.12 bits per heavy atom. The van der Waals surface area contributed by atoms with Crippen LogP contribution < -0.4 is 0 Å². The van der Waals surface area contributed by atoms with Crippen molar-refractivity contribution in [3.63, 3.8) is 0 Å². The molecule has 0 aromatic carbocycles. The van der Waals surface area contributed by atoms with Crippen LogP contribution in [0, 0.1) is 0 Å². The lowest BCUT2D eigenvalue weighted by Crippen LogP contribution is -1.75. The molecule has 0 atom stereocenters. The number of aliphatic imine (C=N–C) groups is 1. The molecule has 1 aliphatic rings. The Balaban J connectivity index is 2.45. The molecule has 0 unspecified atom stereocenters. The monoisotopic (exact) mass is 127 g/mol. The second-order valence-electron chi connectivity index (χ2n) is 1.57. The van der Waals surface area contributed by atoms with Crippen molar-refractivity contribution in [3.05, 3.63) is 12.2 Å². The number of allylic oxidation sites excluding steroid dienone is 1. The average molecular weight is 127 g/mol. The standard InChI is InChI=1S/C6H9NS/c1-2-3-6-7-4-5-8-6/h2-3H,4-5H2,1H3. The van der Waals surface area contributed by atoms with Crippen molar-refractivity contribution < 1.29 is 0 Å². The fraction of sp³-hybridized carbons (Fsp3) is 0.500. The molecule has 0 saturated carbocycles. The van der Waals surface area contributed by atoms with Gasteiger partial charge in [0.2, 0.25) is 0 Å². The molecule has 2 heteroatoms. The Bertz CT molecular complexity index is 126. The highest BCUT2D eigenvalue weighted by molar-refractivity contribution is 8.14. The van der Waals surface area contributed by atoms with Crippen LogP contribution in [0.5, 0.6) is 0 Å². The minimum absolute atomic E-state index is 1.00. The fourth-order valence-electron chi connectivity index (χ4n) is 0.595. The van der Waals surface area contributed by atoms with Crippen LogP contribution in [0.1, 0.15) is 6.92 Å². The number of rotatable bonds is 1. The van der Waals surface area contributed by atoms with Crippen LogP contribution in [-0.2, 0) is 0 Å². The summed E-state index contributed by atoms with van der Waals surface area (Å²) in [5, 5.41) is 1.19. The number of hydrogen-bond acceptors (Lipinski definition) is 2. The van der Waals surface area contributed by atoms with Crippen molar-refractivity contribution in [2.24, 2.45) is 4.99 Å². The van der Waals surface area contributed by atoms with Gasteiger partial charge in [0.05, 0.1) is 5.04 Å². The molecular weight excluding hydrogens is 118 g/mol. The third kappa shape index (κ3) is 1.37. The summed E-state index contributed by atoms with van der Waals surface area (Å²) in [6, 6.07) is 0. The second kappa shape index (κ2) is 2.92. The smallest absolute Gasteiger partial charge is 0.0902 e. The molecule has 0 radical (unpaired) electrons. The third-order valence-electron chi connectivity index (χ3n) is 0.918. The van der Waals surface area contributed by atoms with E-state index in [4.69, 9.17) is 0 Å². The van der Waals surface area contributed by atoms with Crippen molar-refractivity contribution in [2.75, 3.05) is 12.3 Å². The minimum Gasteiger partial charge on any atom is -0.278 e. The van der Waals surface area contributed by atoms with Gasteiger partial charge in [0.25, 0.3) is 0 Å². The molecule has 0 bridgehead atoms. The van der Waals surface area contributed by atoms with Crippen molar-refractivity contribution in [1.82, 2.24) is 0 Å². The van der Waals surface area contributed by atoms with Crippen molar-refractivity contribution in [2.45, 2.75) is 6.92 Å². The molecule has 8 heavy (non-hydrogen) atoms. The van der Waals surface area contributed by atoms with Crippen LogP contribution >= 0.6 is 11.8 Å². The third-order valence-corrected chi connectivity index (χ3v) is 1.87. The Morgan fingerprint density at radius 2 is 2.62 bits per heavy atom. The quantitative estimate of drug-likeness (QED) is 0.522. The van der Waals surface area contributed by atoms with Crippen LogP contribution in [-0.4, -0.2) is 17.3 Å². The average Bonchev–Trinajstić information content (AvgIpc) is 2.19. The predicted octanol–water partition coefficient (Wildman–Crippen LogP) is 1.71. The summed E-state index contributed by atoms with van der Waals surface area (Å²) in [7, 11) is 0. The Labute approximate surface area is 53.9 Å². The zero-order valence-corrected chi connectivity index (χ0v) is 5.74. The topological polar surface area (TPSA) is 12.4 Å². The van der Waals surface area contributed by atoms with E-state index in [2.05, 4.69) is 11.1 Å². The predicted molar refractivity (Wildman–Crippen MR) is 39.6 cm³/mol. The lowest BCUT2D eigenvalue weighted by atomic mass is 10.5. The summed E-state index contributed by atoms with van der Waals surface area (Å²) in [6.07, 6.45) is 4.08. The highest BCUT2D eigenvalue weighted by atomic mass is 32.2. The molecule has 1 heterocycles. The van der Waals surface area contributed by atoms with Crippen molar-refractivity contribution in [1.29, 1.82) is 0 Å². The van der Waals surface area contributed by atoms with E-state index in [0.29, 0.717) is 0 Å². The Hall–Kier alpha value is -0.240. The van der Waals surface area contributed by atoms with E-state index < -0.39 is 0 Å². The summed E-state index contributed by atoms with van der Waals surface area (Å²) >= 11 is 1.83. The molecule has 1 nitrogen and oxygen atoms in total. The van der Waals surface area contributed by atoms with E-state index >= 15 is 0 Å². The van der Waals surface area contributed by atoms with Gasteiger partial charge >= 0.3 is 0 Å². The fourth-order valence-corrected chi connectivity index (χ4v) is 1.40. The lowest BCUT2D eigenvalue weighted by Gasteiger charge is -1.82. The van der Waals surface area contributed by atoms with Gasteiger partial charge in [-0.05, 0) is 13.0 Å².